The summed E-state index contributed by atoms with van der Waals surface area (Å²) < 4.78 is 32.5. The summed E-state index contributed by atoms with van der Waals surface area (Å²) in [5, 5.41) is 2.68. The van der Waals surface area contributed by atoms with Gasteiger partial charge in [-0.2, -0.15) is 0 Å². The molecule has 9 heteroatoms. The summed E-state index contributed by atoms with van der Waals surface area (Å²) in [6.07, 6.45) is 1.06. The van der Waals surface area contributed by atoms with Gasteiger partial charge in [0.25, 0.3) is 0 Å². The van der Waals surface area contributed by atoms with Crippen LogP contribution in [0.3, 0.4) is 0 Å². The van der Waals surface area contributed by atoms with Gasteiger partial charge in [0.15, 0.2) is 5.82 Å². The SMILES string of the molecule is CC1(C)OB(C(=Cc2ccc(N)c(F)c2Cl)CNC(=O)OCC2c3ccccc3-c3ccccc32)OC1(C)C. The Kier molecular flexibility index (Phi) is 7.22. The first-order valence-corrected chi connectivity index (χ1v) is 13.2. The third kappa shape index (κ3) is 5.16. The van der Waals surface area contributed by atoms with Crippen molar-refractivity contribution in [3.8, 4) is 11.1 Å². The minimum atomic E-state index is -0.791. The highest BCUT2D eigenvalue weighted by molar-refractivity contribution is 6.56. The lowest BCUT2D eigenvalue weighted by atomic mass is 9.77. The number of benzene rings is 3. The summed E-state index contributed by atoms with van der Waals surface area (Å²) in [6.45, 7) is 7.94. The summed E-state index contributed by atoms with van der Waals surface area (Å²) in [6, 6.07) is 19.3. The number of hydrogen-bond acceptors (Lipinski definition) is 5. The van der Waals surface area contributed by atoms with Crippen molar-refractivity contribution in [1.29, 1.82) is 0 Å². The van der Waals surface area contributed by atoms with Gasteiger partial charge >= 0.3 is 13.2 Å². The van der Waals surface area contributed by atoms with Crippen molar-refractivity contribution in [1.82, 2.24) is 5.32 Å². The molecule has 0 unspecified atom stereocenters. The number of nitrogens with two attached hydrogens (primary N) is 1. The summed E-state index contributed by atoms with van der Waals surface area (Å²) >= 11 is 6.24. The Labute approximate surface area is 233 Å². The number of nitrogens with one attached hydrogen (secondary N) is 1. The molecule has 1 amide bonds. The van der Waals surface area contributed by atoms with Gasteiger partial charge in [-0.15, -0.1) is 0 Å². The van der Waals surface area contributed by atoms with E-state index in [0.717, 1.165) is 22.3 Å². The molecule has 0 bridgehead atoms. The number of halogens is 2. The largest absolute Gasteiger partial charge is 0.492 e. The zero-order valence-electron chi connectivity index (χ0n) is 22.4. The van der Waals surface area contributed by atoms with Gasteiger partial charge in [0, 0.05) is 12.5 Å². The van der Waals surface area contributed by atoms with Crippen LogP contribution in [0, 0.1) is 5.82 Å². The first-order chi connectivity index (χ1) is 18.5. The minimum absolute atomic E-state index is 0.0375. The highest BCUT2D eigenvalue weighted by Crippen LogP contribution is 2.44. The molecule has 39 heavy (non-hydrogen) atoms. The van der Waals surface area contributed by atoms with Gasteiger partial charge in [0.05, 0.1) is 21.9 Å². The predicted octanol–water partition coefficient (Wildman–Crippen LogP) is 6.61. The summed E-state index contributed by atoms with van der Waals surface area (Å²) in [5.41, 5.74) is 9.88. The first kappa shape index (κ1) is 27.2. The topological polar surface area (TPSA) is 82.8 Å². The Balaban J connectivity index is 1.33. The molecular formula is C30H31BClFN2O4. The molecule has 3 N–H and O–H groups in total. The van der Waals surface area contributed by atoms with Gasteiger partial charge in [-0.05, 0) is 67.1 Å². The zero-order valence-corrected chi connectivity index (χ0v) is 23.1. The zero-order chi connectivity index (χ0) is 27.9. The first-order valence-electron chi connectivity index (χ1n) is 12.9. The number of ether oxygens (including phenoxy) is 1. The van der Waals surface area contributed by atoms with Crippen molar-refractivity contribution in [3.63, 3.8) is 0 Å². The van der Waals surface area contributed by atoms with Crippen LogP contribution in [0.4, 0.5) is 14.9 Å². The van der Waals surface area contributed by atoms with Crippen LogP contribution in [0.2, 0.25) is 5.02 Å². The molecule has 202 valence electrons. The number of alkyl carbamates (subject to hydrolysis) is 1. The average Bonchev–Trinajstić information content (AvgIpc) is 3.34. The van der Waals surface area contributed by atoms with E-state index in [2.05, 4.69) is 29.6 Å². The third-order valence-electron chi connectivity index (χ3n) is 7.82. The molecular weight excluding hydrogens is 518 g/mol. The fraction of sp³-hybridized carbons (Fsp3) is 0.300. The Morgan fingerprint density at radius 2 is 1.59 bits per heavy atom. The van der Waals surface area contributed by atoms with Crippen LogP contribution < -0.4 is 11.1 Å². The number of hydrogen-bond donors (Lipinski definition) is 2. The molecule has 5 rings (SSSR count). The van der Waals surface area contributed by atoms with Gasteiger partial charge < -0.3 is 25.1 Å². The van der Waals surface area contributed by atoms with Crippen LogP contribution in [0.5, 0.6) is 0 Å². The Morgan fingerprint density at radius 1 is 1.03 bits per heavy atom. The number of nitrogen functional groups attached to an aromatic ring is 1. The quantitative estimate of drug-likeness (QED) is 0.267. The summed E-state index contributed by atoms with van der Waals surface area (Å²) in [5.74, 6) is -0.763. The molecule has 1 heterocycles. The maximum Gasteiger partial charge on any atom is 0.492 e. The molecule has 0 saturated carbocycles. The Bertz CT molecular complexity index is 1400. The van der Waals surface area contributed by atoms with E-state index in [0.29, 0.717) is 11.0 Å². The Hall–Kier alpha value is -3.33. The van der Waals surface area contributed by atoms with Crippen LogP contribution in [0.15, 0.2) is 66.1 Å². The van der Waals surface area contributed by atoms with E-state index in [1.807, 2.05) is 52.0 Å². The maximum atomic E-state index is 14.4. The van der Waals surface area contributed by atoms with E-state index >= 15 is 0 Å². The van der Waals surface area contributed by atoms with Crippen molar-refractivity contribution < 1.29 is 23.2 Å². The van der Waals surface area contributed by atoms with E-state index in [1.165, 1.54) is 6.07 Å². The number of amides is 1. The van der Waals surface area contributed by atoms with E-state index in [4.69, 9.17) is 31.4 Å². The van der Waals surface area contributed by atoms with Gasteiger partial charge in [-0.25, -0.2) is 9.18 Å². The number of rotatable bonds is 6. The highest BCUT2D eigenvalue weighted by Gasteiger charge is 2.52. The smallest absolute Gasteiger partial charge is 0.449 e. The van der Waals surface area contributed by atoms with Gasteiger partial charge in [-0.1, -0.05) is 72.3 Å². The van der Waals surface area contributed by atoms with E-state index in [1.54, 1.807) is 12.1 Å². The van der Waals surface area contributed by atoms with Crippen LogP contribution in [0.1, 0.15) is 50.3 Å². The van der Waals surface area contributed by atoms with E-state index in [9.17, 15) is 9.18 Å². The molecule has 0 aromatic heterocycles. The molecule has 1 fully saturated rings. The number of carbonyl (C=O) groups excluding carboxylic acids is 1. The molecule has 0 atom stereocenters. The second-order valence-corrected chi connectivity index (χ2v) is 11.2. The second-order valence-electron chi connectivity index (χ2n) is 10.9. The van der Waals surface area contributed by atoms with Crippen LogP contribution in [-0.2, 0) is 14.0 Å². The molecule has 1 aliphatic heterocycles. The predicted molar refractivity (Wildman–Crippen MR) is 153 cm³/mol. The van der Waals surface area contributed by atoms with Gasteiger partial charge in [0.1, 0.15) is 6.61 Å². The van der Waals surface area contributed by atoms with Crippen molar-refractivity contribution >= 4 is 36.6 Å². The minimum Gasteiger partial charge on any atom is -0.449 e. The molecule has 0 spiro atoms. The molecule has 1 aliphatic carbocycles. The van der Waals surface area contributed by atoms with Crippen LogP contribution in [0.25, 0.3) is 17.2 Å². The monoisotopic (exact) mass is 548 g/mol. The molecule has 6 nitrogen and oxygen atoms in total. The molecule has 3 aromatic carbocycles. The Morgan fingerprint density at radius 3 is 2.18 bits per heavy atom. The van der Waals surface area contributed by atoms with E-state index < -0.39 is 30.2 Å². The lowest BCUT2D eigenvalue weighted by Gasteiger charge is -2.32. The van der Waals surface area contributed by atoms with E-state index in [-0.39, 0.29) is 29.8 Å². The van der Waals surface area contributed by atoms with Crippen LogP contribution >= 0.6 is 11.6 Å². The van der Waals surface area contributed by atoms with Crippen molar-refractivity contribution in [2.24, 2.45) is 0 Å². The summed E-state index contributed by atoms with van der Waals surface area (Å²) in [4.78, 5) is 12.9. The van der Waals surface area contributed by atoms with Crippen LogP contribution in [-0.4, -0.2) is 37.6 Å². The second kappa shape index (κ2) is 10.3. The fourth-order valence-corrected chi connectivity index (χ4v) is 5.14. The number of fused-ring (bicyclic) bond motifs is 3. The summed E-state index contributed by atoms with van der Waals surface area (Å²) in [7, 11) is -0.791. The molecule has 1 saturated heterocycles. The maximum absolute atomic E-state index is 14.4. The van der Waals surface area contributed by atoms with Gasteiger partial charge in [0.2, 0.25) is 0 Å². The molecule has 0 radical (unpaired) electrons. The number of carbonyl (C=O) groups is 1. The lowest BCUT2D eigenvalue weighted by molar-refractivity contribution is 0.00578. The standard InChI is InChI=1S/C30H31BClFN2O4/c1-29(2)30(3,4)39-31(38-29)19(15-18-13-14-25(34)27(33)26(18)32)16-35-28(36)37-17-24-22-11-7-5-9-20(22)21-10-6-8-12-23(21)24/h5-15,24H,16-17,34H2,1-4H3,(H,35,36). The third-order valence-corrected chi connectivity index (χ3v) is 8.20. The van der Waals surface area contributed by atoms with Crippen molar-refractivity contribution in [2.75, 3.05) is 18.9 Å². The lowest BCUT2D eigenvalue weighted by Crippen LogP contribution is -2.41. The molecule has 3 aromatic rings. The van der Waals surface area contributed by atoms with Crippen molar-refractivity contribution in [3.05, 3.63) is 93.7 Å². The molecule has 2 aliphatic rings. The normalized spacial score (nSPS) is 17.6. The fourth-order valence-electron chi connectivity index (χ4n) is 4.91. The highest BCUT2D eigenvalue weighted by atomic mass is 35.5. The average molecular weight is 549 g/mol. The van der Waals surface area contributed by atoms with Gasteiger partial charge in [-0.3, -0.25) is 0 Å². The number of anilines is 1. The van der Waals surface area contributed by atoms with Crippen molar-refractivity contribution in [2.45, 2.75) is 44.8 Å².